The van der Waals surface area contributed by atoms with Gasteiger partial charge in [-0.2, -0.15) is 0 Å². The summed E-state index contributed by atoms with van der Waals surface area (Å²) in [5.74, 6) is 0.748. The number of halogens is 2. The first-order chi connectivity index (χ1) is 8.10. The average molecular weight is 380 g/mol. The van der Waals surface area contributed by atoms with Gasteiger partial charge in [-0.3, -0.25) is 0 Å². The van der Waals surface area contributed by atoms with Crippen LogP contribution in [0.2, 0.25) is 5.15 Å². The lowest BCUT2D eigenvalue weighted by molar-refractivity contribution is 0.882. The molecule has 2 heterocycles. The van der Waals surface area contributed by atoms with Crippen molar-refractivity contribution in [3.8, 4) is 0 Å². The van der Waals surface area contributed by atoms with E-state index in [1.165, 1.54) is 0 Å². The van der Waals surface area contributed by atoms with E-state index in [2.05, 4.69) is 44.5 Å². The summed E-state index contributed by atoms with van der Waals surface area (Å²) in [5.41, 5.74) is 2.01. The Morgan fingerprint density at radius 2 is 2.12 bits per heavy atom. The van der Waals surface area contributed by atoms with Gasteiger partial charge in [-0.1, -0.05) is 18.5 Å². The molecule has 2 rings (SSSR count). The van der Waals surface area contributed by atoms with Crippen LogP contribution in [0.4, 0.5) is 0 Å². The molecule has 0 amide bonds. The van der Waals surface area contributed by atoms with Crippen LogP contribution in [0.1, 0.15) is 29.1 Å². The summed E-state index contributed by atoms with van der Waals surface area (Å²) in [6.07, 6.45) is 1.51. The monoisotopic (exact) mass is 379 g/mol. The van der Waals surface area contributed by atoms with Crippen LogP contribution in [0, 0.1) is 10.5 Å². The van der Waals surface area contributed by atoms with Gasteiger partial charge in [0.1, 0.15) is 11.0 Å². The Labute approximate surface area is 123 Å². The zero-order valence-corrected chi connectivity index (χ0v) is 13.2. The van der Waals surface area contributed by atoms with Crippen molar-refractivity contribution in [1.29, 1.82) is 0 Å². The van der Waals surface area contributed by atoms with Crippen LogP contribution in [0.5, 0.6) is 0 Å². The standard InChI is InChI=1S/C11H11ClIN3S/c1-3-8-10(13)11(12)16-9(15-8)4-7-5-17-6(2)14-7/h5H,3-4H2,1-2H3. The maximum atomic E-state index is 6.09. The third-order valence-electron chi connectivity index (χ3n) is 2.27. The Bertz CT molecular complexity index is 542. The van der Waals surface area contributed by atoms with Crippen molar-refractivity contribution in [2.75, 3.05) is 0 Å². The highest BCUT2D eigenvalue weighted by Gasteiger charge is 2.10. The van der Waals surface area contributed by atoms with Gasteiger partial charge in [-0.25, -0.2) is 15.0 Å². The SMILES string of the molecule is CCc1nc(Cc2csc(C)n2)nc(Cl)c1I. The third-order valence-corrected chi connectivity index (χ3v) is 4.81. The van der Waals surface area contributed by atoms with Gasteiger partial charge in [0, 0.05) is 5.38 Å². The van der Waals surface area contributed by atoms with Crippen LogP contribution < -0.4 is 0 Å². The van der Waals surface area contributed by atoms with Crippen molar-refractivity contribution in [3.63, 3.8) is 0 Å². The van der Waals surface area contributed by atoms with Crippen LogP contribution in [0.25, 0.3) is 0 Å². The predicted molar refractivity (Wildman–Crippen MR) is 78.8 cm³/mol. The topological polar surface area (TPSA) is 38.7 Å². The van der Waals surface area contributed by atoms with E-state index in [0.717, 1.165) is 32.2 Å². The molecule has 0 fully saturated rings. The van der Waals surface area contributed by atoms with Gasteiger partial charge in [-0.15, -0.1) is 11.3 Å². The minimum absolute atomic E-state index is 0.541. The highest BCUT2D eigenvalue weighted by Crippen LogP contribution is 2.20. The Morgan fingerprint density at radius 1 is 1.35 bits per heavy atom. The average Bonchev–Trinajstić information content (AvgIpc) is 2.69. The van der Waals surface area contributed by atoms with Gasteiger partial charge in [0.2, 0.25) is 0 Å². The molecule has 0 N–H and O–H groups in total. The van der Waals surface area contributed by atoms with Gasteiger partial charge in [0.05, 0.1) is 26.4 Å². The van der Waals surface area contributed by atoms with Gasteiger partial charge in [0.15, 0.2) is 0 Å². The predicted octanol–water partition coefficient (Wildman–Crippen LogP) is 3.65. The molecule has 0 saturated heterocycles. The zero-order chi connectivity index (χ0) is 12.4. The van der Waals surface area contributed by atoms with Crippen molar-refractivity contribution in [1.82, 2.24) is 15.0 Å². The van der Waals surface area contributed by atoms with Crippen molar-refractivity contribution in [2.45, 2.75) is 26.7 Å². The van der Waals surface area contributed by atoms with Crippen molar-refractivity contribution < 1.29 is 0 Å². The maximum absolute atomic E-state index is 6.09. The molecule has 0 aliphatic carbocycles. The molecule has 0 atom stereocenters. The number of aryl methyl sites for hydroxylation is 2. The summed E-state index contributed by atoms with van der Waals surface area (Å²) >= 11 is 9.92. The van der Waals surface area contributed by atoms with Crippen LogP contribution in [-0.4, -0.2) is 15.0 Å². The number of thiazole rings is 1. The van der Waals surface area contributed by atoms with Crippen molar-refractivity contribution in [2.24, 2.45) is 0 Å². The molecule has 2 aromatic heterocycles. The lowest BCUT2D eigenvalue weighted by atomic mass is 10.3. The Morgan fingerprint density at radius 3 is 2.71 bits per heavy atom. The molecular weight excluding hydrogens is 369 g/mol. The summed E-state index contributed by atoms with van der Waals surface area (Å²) in [6.45, 7) is 4.06. The molecule has 0 aliphatic rings. The lowest BCUT2D eigenvalue weighted by Gasteiger charge is -2.05. The number of rotatable bonds is 3. The fourth-order valence-electron chi connectivity index (χ4n) is 1.48. The van der Waals surface area contributed by atoms with Crippen LogP contribution in [0.3, 0.4) is 0 Å². The smallest absolute Gasteiger partial charge is 0.146 e. The van der Waals surface area contributed by atoms with Crippen LogP contribution in [-0.2, 0) is 12.8 Å². The highest BCUT2D eigenvalue weighted by molar-refractivity contribution is 14.1. The summed E-state index contributed by atoms with van der Waals surface area (Å²) in [7, 11) is 0. The molecular formula is C11H11ClIN3S. The Kier molecular flexibility index (Phi) is 4.32. The normalized spacial score (nSPS) is 10.8. The minimum atomic E-state index is 0.541. The molecule has 0 unspecified atom stereocenters. The quantitative estimate of drug-likeness (QED) is 0.603. The van der Waals surface area contributed by atoms with E-state index in [0.29, 0.717) is 11.6 Å². The first-order valence-electron chi connectivity index (χ1n) is 5.22. The largest absolute Gasteiger partial charge is 0.246 e. The summed E-state index contributed by atoms with van der Waals surface area (Å²) in [5, 5.41) is 3.64. The van der Waals surface area contributed by atoms with E-state index >= 15 is 0 Å². The summed E-state index contributed by atoms with van der Waals surface area (Å²) < 4.78 is 0.949. The molecule has 0 saturated carbocycles. The Hall–Kier alpha value is -0.270. The van der Waals surface area contributed by atoms with Gasteiger partial charge < -0.3 is 0 Å². The second kappa shape index (κ2) is 5.58. The molecule has 0 bridgehead atoms. The third kappa shape index (κ3) is 3.14. The first-order valence-corrected chi connectivity index (χ1v) is 7.55. The molecule has 0 radical (unpaired) electrons. The summed E-state index contributed by atoms with van der Waals surface area (Å²) in [6, 6.07) is 0. The van der Waals surface area contributed by atoms with Gasteiger partial charge >= 0.3 is 0 Å². The first kappa shape index (κ1) is 13.2. The lowest BCUT2D eigenvalue weighted by Crippen LogP contribution is -2.04. The molecule has 2 aromatic rings. The Balaban J connectivity index is 2.30. The minimum Gasteiger partial charge on any atom is -0.246 e. The molecule has 0 spiro atoms. The zero-order valence-electron chi connectivity index (χ0n) is 9.50. The van der Waals surface area contributed by atoms with E-state index in [4.69, 9.17) is 11.6 Å². The van der Waals surface area contributed by atoms with Gasteiger partial charge in [0.25, 0.3) is 0 Å². The number of nitrogens with zero attached hydrogens (tertiary/aromatic N) is 3. The van der Waals surface area contributed by atoms with Crippen molar-refractivity contribution >= 4 is 45.5 Å². The molecule has 0 aromatic carbocycles. The number of hydrogen-bond donors (Lipinski definition) is 0. The number of hydrogen-bond acceptors (Lipinski definition) is 4. The summed E-state index contributed by atoms with van der Waals surface area (Å²) in [4.78, 5) is 13.2. The number of aromatic nitrogens is 3. The van der Waals surface area contributed by atoms with Gasteiger partial charge in [-0.05, 0) is 35.9 Å². The van der Waals surface area contributed by atoms with E-state index in [1.807, 2.05) is 12.3 Å². The fraction of sp³-hybridized carbons (Fsp3) is 0.364. The van der Waals surface area contributed by atoms with E-state index < -0.39 is 0 Å². The molecule has 17 heavy (non-hydrogen) atoms. The van der Waals surface area contributed by atoms with Crippen LogP contribution >= 0.6 is 45.5 Å². The maximum Gasteiger partial charge on any atom is 0.146 e. The second-order valence-corrected chi connectivity index (χ2v) is 6.08. The molecule has 3 nitrogen and oxygen atoms in total. The van der Waals surface area contributed by atoms with Crippen LogP contribution in [0.15, 0.2) is 5.38 Å². The van der Waals surface area contributed by atoms with Crippen molar-refractivity contribution in [3.05, 3.63) is 36.3 Å². The van der Waals surface area contributed by atoms with E-state index in [-0.39, 0.29) is 0 Å². The second-order valence-electron chi connectivity index (χ2n) is 3.58. The van der Waals surface area contributed by atoms with E-state index in [1.54, 1.807) is 11.3 Å². The molecule has 6 heteroatoms. The fourth-order valence-corrected chi connectivity index (χ4v) is 2.92. The molecule has 90 valence electrons. The molecule has 0 aliphatic heterocycles. The van der Waals surface area contributed by atoms with E-state index in [9.17, 15) is 0 Å². The highest BCUT2D eigenvalue weighted by atomic mass is 127.